The molecule has 1 aromatic carbocycles. The van der Waals surface area contributed by atoms with Gasteiger partial charge in [-0.3, -0.25) is 9.59 Å². The van der Waals surface area contributed by atoms with Crippen molar-refractivity contribution in [1.82, 2.24) is 14.8 Å². The number of esters is 1. The van der Waals surface area contributed by atoms with Gasteiger partial charge < -0.3 is 20.4 Å². The van der Waals surface area contributed by atoms with E-state index in [-0.39, 0.29) is 27.1 Å². The van der Waals surface area contributed by atoms with Crippen molar-refractivity contribution in [2.75, 3.05) is 18.2 Å². The lowest BCUT2D eigenvalue weighted by atomic mass is 10.1. The zero-order valence-corrected chi connectivity index (χ0v) is 20.0. The minimum absolute atomic E-state index is 0.0578. The quantitative estimate of drug-likeness (QED) is 0.370. The lowest BCUT2D eigenvalue weighted by Gasteiger charge is -2.06. The van der Waals surface area contributed by atoms with Gasteiger partial charge in [0.2, 0.25) is 5.91 Å². The maximum Gasteiger partial charge on any atom is 0.341 e. The minimum atomic E-state index is -0.668. The summed E-state index contributed by atoms with van der Waals surface area (Å²) in [4.78, 5) is 36.6. The first kappa shape index (κ1) is 23.0. The summed E-state index contributed by atoms with van der Waals surface area (Å²) in [5.74, 6) is 0.0562. The summed E-state index contributed by atoms with van der Waals surface area (Å²) in [5, 5.41) is 12.2. The Bertz CT molecular complexity index is 1220. The summed E-state index contributed by atoms with van der Waals surface area (Å²) in [6.07, 6.45) is 1.03. The number of carbonyl (C=O) groups is 3. The number of ether oxygens (including phenoxy) is 1. The second-order valence-electron chi connectivity index (χ2n) is 7.71. The highest BCUT2D eigenvalue weighted by Crippen LogP contribution is 2.54. The molecule has 1 fully saturated rings. The Kier molecular flexibility index (Phi) is 6.52. The summed E-state index contributed by atoms with van der Waals surface area (Å²) in [5.41, 5.74) is 7.20. The molecular weight excluding hydrogens is 462 g/mol. The summed E-state index contributed by atoms with van der Waals surface area (Å²) in [7, 11) is 3.13. The van der Waals surface area contributed by atoms with Gasteiger partial charge in [0.15, 0.2) is 5.16 Å². The Hall–Kier alpha value is -3.18. The van der Waals surface area contributed by atoms with E-state index >= 15 is 0 Å². The maximum atomic E-state index is 12.6. The number of amides is 2. The number of nitrogens with two attached hydrogens (primary N) is 1. The highest BCUT2D eigenvalue weighted by molar-refractivity contribution is 7.99. The Morgan fingerprint density at radius 1 is 1.24 bits per heavy atom. The number of nitrogens with one attached hydrogen (secondary N) is 1. The molecule has 11 heteroatoms. The molecule has 1 saturated carbocycles. The molecule has 9 nitrogen and oxygen atoms in total. The number of hydrogen-bond donors (Lipinski definition) is 2. The van der Waals surface area contributed by atoms with Crippen LogP contribution in [0.25, 0.3) is 0 Å². The van der Waals surface area contributed by atoms with Crippen molar-refractivity contribution in [3.63, 3.8) is 0 Å². The molecule has 1 aliphatic rings. The predicted octanol–water partition coefficient (Wildman–Crippen LogP) is 3.07. The molecule has 2 aromatic heterocycles. The van der Waals surface area contributed by atoms with Gasteiger partial charge in [0.05, 0.1) is 23.3 Å². The third kappa shape index (κ3) is 4.64. The van der Waals surface area contributed by atoms with Crippen molar-refractivity contribution in [3.05, 3.63) is 57.7 Å². The number of primary amides is 1. The molecule has 2 unspecified atom stereocenters. The van der Waals surface area contributed by atoms with Gasteiger partial charge in [-0.2, -0.15) is 0 Å². The van der Waals surface area contributed by atoms with Crippen molar-refractivity contribution < 1.29 is 19.1 Å². The molecule has 0 radical (unpaired) electrons. The molecule has 0 bridgehead atoms. The van der Waals surface area contributed by atoms with E-state index in [4.69, 9.17) is 10.5 Å². The van der Waals surface area contributed by atoms with Gasteiger partial charge in [0.25, 0.3) is 5.91 Å². The maximum absolute atomic E-state index is 12.6. The third-order valence-corrected chi connectivity index (χ3v) is 7.81. The monoisotopic (exact) mass is 485 g/mol. The first-order valence-corrected chi connectivity index (χ1v) is 12.0. The Balaban J connectivity index is 1.41. The predicted molar refractivity (Wildman–Crippen MR) is 126 cm³/mol. The molecule has 0 saturated heterocycles. The van der Waals surface area contributed by atoms with Crippen LogP contribution in [0.4, 0.5) is 5.00 Å². The van der Waals surface area contributed by atoms with Gasteiger partial charge in [-0.15, -0.1) is 21.5 Å². The largest absolute Gasteiger partial charge is 0.465 e. The summed E-state index contributed by atoms with van der Waals surface area (Å²) < 4.78 is 6.71. The van der Waals surface area contributed by atoms with Crippen LogP contribution in [0.1, 0.15) is 55.2 Å². The van der Waals surface area contributed by atoms with Crippen LogP contribution in [0.3, 0.4) is 0 Å². The molecular formula is C22H23N5O4S2. The first-order valence-electron chi connectivity index (χ1n) is 10.2. The normalized spacial score (nSPS) is 16.9. The standard InChI is InChI=1S/C22H23N5O4S2/c1-11-16(21(30)31-3)20(33-17(11)18(23)29)24-15(28)10-32-22-26-25-19(27(22)2)14-9-13(14)12-7-5-4-6-8-12/h4-8,13-14H,9-10H2,1-3H3,(H2,23,29)(H,24,28). The summed E-state index contributed by atoms with van der Waals surface area (Å²) in [6, 6.07) is 10.3. The van der Waals surface area contributed by atoms with E-state index < -0.39 is 11.9 Å². The van der Waals surface area contributed by atoms with Crippen molar-refractivity contribution in [3.8, 4) is 0 Å². The van der Waals surface area contributed by atoms with Crippen molar-refractivity contribution in [1.29, 1.82) is 0 Å². The molecule has 0 aliphatic heterocycles. The average Bonchev–Trinajstić information content (AvgIpc) is 3.41. The number of methoxy groups -OCH3 is 1. The zero-order valence-electron chi connectivity index (χ0n) is 18.3. The molecule has 3 aromatic rings. The number of thiophene rings is 1. The first-order chi connectivity index (χ1) is 15.8. The van der Waals surface area contributed by atoms with Crippen LogP contribution in [0, 0.1) is 6.92 Å². The van der Waals surface area contributed by atoms with Crippen molar-refractivity contribution in [2.24, 2.45) is 12.8 Å². The number of rotatable bonds is 8. The highest BCUT2D eigenvalue weighted by atomic mass is 32.2. The molecule has 2 amide bonds. The fourth-order valence-corrected chi connectivity index (χ4v) is 5.58. The third-order valence-electron chi connectivity index (χ3n) is 5.56. The van der Waals surface area contributed by atoms with Gasteiger partial charge in [-0.1, -0.05) is 42.1 Å². The van der Waals surface area contributed by atoms with E-state index in [1.165, 1.54) is 24.4 Å². The van der Waals surface area contributed by atoms with Gasteiger partial charge >= 0.3 is 5.97 Å². The van der Waals surface area contributed by atoms with E-state index in [0.717, 1.165) is 23.6 Å². The van der Waals surface area contributed by atoms with E-state index in [1.807, 2.05) is 29.8 Å². The summed E-state index contributed by atoms with van der Waals surface area (Å²) in [6.45, 7) is 1.59. The molecule has 33 heavy (non-hydrogen) atoms. The Morgan fingerprint density at radius 3 is 2.64 bits per heavy atom. The Labute approximate surface area is 198 Å². The van der Waals surface area contributed by atoms with Gasteiger partial charge in [-0.25, -0.2) is 4.79 Å². The van der Waals surface area contributed by atoms with Crippen LogP contribution in [0.2, 0.25) is 0 Å². The van der Waals surface area contributed by atoms with E-state index in [2.05, 4.69) is 27.6 Å². The second-order valence-corrected chi connectivity index (χ2v) is 9.68. The molecule has 2 heterocycles. The SMILES string of the molecule is COC(=O)c1c(NC(=O)CSc2nnc(C3CC3c3ccccc3)n2C)sc(C(N)=O)c1C. The van der Waals surface area contributed by atoms with E-state index in [0.29, 0.717) is 22.6 Å². The lowest BCUT2D eigenvalue weighted by molar-refractivity contribution is -0.113. The fraction of sp³-hybridized carbons (Fsp3) is 0.318. The lowest BCUT2D eigenvalue weighted by Crippen LogP contribution is -2.16. The summed E-state index contributed by atoms with van der Waals surface area (Å²) >= 11 is 2.20. The molecule has 4 rings (SSSR count). The smallest absolute Gasteiger partial charge is 0.341 e. The number of hydrogen-bond acceptors (Lipinski definition) is 8. The van der Waals surface area contributed by atoms with Crippen LogP contribution in [-0.2, 0) is 16.6 Å². The fourth-order valence-electron chi connectivity index (χ4n) is 3.80. The number of nitrogens with zero attached hydrogens (tertiary/aromatic N) is 3. The molecule has 2 atom stereocenters. The van der Waals surface area contributed by atoms with Crippen LogP contribution in [0.15, 0.2) is 35.5 Å². The average molecular weight is 486 g/mol. The minimum Gasteiger partial charge on any atom is -0.465 e. The highest BCUT2D eigenvalue weighted by Gasteiger charge is 2.42. The van der Waals surface area contributed by atoms with Gasteiger partial charge in [0.1, 0.15) is 10.8 Å². The molecule has 1 aliphatic carbocycles. The number of aromatic nitrogens is 3. The zero-order chi connectivity index (χ0) is 23.7. The van der Waals surface area contributed by atoms with Gasteiger partial charge in [0, 0.05) is 13.0 Å². The van der Waals surface area contributed by atoms with Crippen LogP contribution in [0.5, 0.6) is 0 Å². The van der Waals surface area contributed by atoms with E-state index in [9.17, 15) is 14.4 Å². The van der Waals surface area contributed by atoms with Gasteiger partial charge in [-0.05, 0) is 30.4 Å². The van der Waals surface area contributed by atoms with E-state index in [1.54, 1.807) is 6.92 Å². The molecule has 0 spiro atoms. The van der Waals surface area contributed by atoms with Crippen LogP contribution in [-0.4, -0.2) is 45.4 Å². The Morgan fingerprint density at radius 2 is 1.97 bits per heavy atom. The number of thioether (sulfide) groups is 1. The van der Waals surface area contributed by atoms with Crippen molar-refractivity contribution >= 4 is 45.9 Å². The molecule has 172 valence electrons. The topological polar surface area (TPSA) is 129 Å². The van der Waals surface area contributed by atoms with Crippen molar-refractivity contribution in [2.45, 2.75) is 30.3 Å². The van der Waals surface area contributed by atoms with Crippen LogP contribution < -0.4 is 11.1 Å². The van der Waals surface area contributed by atoms with Crippen LogP contribution >= 0.6 is 23.1 Å². The second kappa shape index (κ2) is 9.36. The molecule has 3 N–H and O–H groups in total. The number of carbonyl (C=O) groups excluding carboxylic acids is 3. The number of benzene rings is 1. The number of anilines is 1.